The van der Waals surface area contributed by atoms with Crippen LogP contribution in [-0.4, -0.2) is 35.0 Å². The highest BCUT2D eigenvalue weighted by Gasteiger charge is 2.33. The van der Waals surface area contributed by atoms with Gasteiger partial charge in [0.2, 0.25) is 5.91 Å². The van der Waals surface area contributed by atoms with Crippen LogP contribution >= 0.6 is 15.9 Å². The van der Waals surface area contributed by atoms with E-state index in [1.165, 1.54) is 0 Å². The predicted octanol–water partition coefficient (Wildman–Crippen LogP) is 3.05. The van der Waals surface area contributed by atoms with E-state index in [0.29, 0.717) is 6.54 Å². The fraction of sp³-hybridized carbons (Fsp3) is 0.467. The van der Waals surface area contributed by atoms with Gasteiger partial charge >= 0.3 is 5.97 Å². The van der Waals surface area contributed by atoms with Gasteiger partial charge in [-0.3, -0.25) is 9.59 Å². The van der Waals surface area contributed by atoms with Gasteiger partial charge in [-0.05, 0) is 38.5 Å². The monoisotopic (exact) mass is 341 g/mol. The quantitative estimate of drug-likeness (QED) is 0.864. The highest BCUT2D eigenvalue weighted by molar-refractivity contribution is 9.10. The molecule has 0 spiro atoms. The third-order valence-corrected chi connectivity index (χ3v) is 3.84. The van der Waals surface area contributed by atoms with Crippen LogP contribution in [0.25, 0.3) is 0 Å². The zero-order valence-electron chi connectivity index (χ0n) is 12.0. The molecule has 1 amide bonds. The Bertz CT molecular complexity index is 500. The standard InChI is InChI=1S/C15H20BrNO3/c1-4-17(9-8-13(18)19)14(20)15(2,3)11-6-5-7-12(16)10-11/h5-7,10H,4,8-9H2,1-3H3,(H,18,19). The molecule has 0 aromatic heterocycles. The van der Waals surface area contributed by atoms with Crippen LogP contribution in [0.3, 0.4) is 0 Å². The largest absolute Gasteiger partial charge is 0.481 e. The number of hydrogen-bond acceptors (Lipinski definition) is 2. The Hall–Kier alpha value is -1.36. The van der Waals surface area contributed by atoms with Gasteiger partial charge in [0.1, 0.15) is 0 Å². The van der Waals surface area contributed by atoms with E-state index in [9.17, 15) is 9.59 Å². The number of carbonyl (C=O) groups excluding carboxylic acids is 1. The number of halogens is 1. The lowest BCUT2D eigenvalue weighted by atomic mass is 9.83. The van der Waals surface area contributed by atoms with Crippen molar-refractivity contribution in [2.45, 2.75) is 32.6 Å². The number of carboxylic acids is 1. The van der Waals surface area contributed by atoms with Gasteiger partial charge in [0.05, 0.1) is 11.8 Å². The summed E-state index contributed by atoms with van der Waals surface area (Å²) in [5, 5.41) is 8.75. The van der Waals surface area contributed by atoms with Gasteiger partial charge in [0, 0.05) is 17.6 Å². The Labute approximate surface area is 127 Å². The summed E-state index contributed by atoms with van der Waals surface area (Å²) in [4.78, 5) is 24.9. The Morgan fingerprint density at radius 3 is 2.50 bits per heavy atom. The van der Waals surface area contributed by atoms with E-state index in [-0.39, 0.29) is 18.9 Å². The molecule has 1 N–H and O–H groups in total. The molecule has 0 heterocycles. The topological polar surface area (TPSA) is 57.6 Å². The number of carboxylic acid groups (broad SMARTS) is 1. The van der Waals surface area contributed by atoms with E-state index in [1.807, 2.05) is 45.0 Å². The molecule has 0 aliphatic rings. The van der Waals surface area contributed by atoms with E-state index in [0.717, 1.165) is 10.0 Å². The first-order chi connectivity index (χ1) is 9.28. The van der Waals surface area contributed by atoms with Crippen molar-refractivity contribution in [2.75, 3.05) is 13.1 Å². The molecule has 1 rings (SSSR count). The summed E-state index contributed by atoms with van der Waals surface area (Å²) < 4.78 is 0.921. The number of likely N-dealkylation sites (N-methyl/N-ethyl adjacent to an activating group) is 1. The third kappa shape index (κ3) is 4.07. The fourth-order valence-electron chi connectivity index (χ4n) is 2.03. The molecule has 0 fully saturated rings. The minimum Gasteiger partial charge on any atom is -0.481 e. The van der Waals surface area contributed by atoms with Crippen molar-refractivity contribution in [3.63, 3.8) is 0 Å². The average molecular weight is 342 g/mol. The van der Waals surface area contributed by atoms with Crippen molar-refractivity contribution in [3.8, 4) is 0 Å². The summed E-state index contributed by atoms with van der Waals surface area (Å²) in [6, 6.07) is 7.63. The smallest absolute Gasteiger partial charge is 0.305 e. The van der Waals surface area contributed by atoms with E-state index < -0.39 is 11.4 Å². The SMILES string of the molecule is CCN(CCC(=O)O)C(=O)C(C)(C)c1cccc(Br)c1. The third-order valence-electron chi connectivity index (χ3n) is 3.35. The summed E-state index contributed by atoms with van der Waals surface area (Å²) in [6.07, 6.45) is -0.0336. The fourth-order valence-corrected chi connectivity index (χ4v) is 2.43. The summed E-state index contributed by atoms with van der Waals surface area (Å²) in [6.45, 7) is 6.32. The van der Waals surface area contributed by atoms with Gasteiger partial charge < -0.3 is 10.0 Å². The maximum atomic E-state index is 12.6. The molecule has 0 atom stereocenters. The molecule has 0 radical (unpaired) electrons. The van der Waals surface area contributed by atoms with Crippen molar-refractivity contribution in [3.05, 3.63) is 34.3 Å². The Kier molecular flexibility index (Phi) is 5.74. The van der Waals surface area contributed by atoms with Crippen molar-refractivity contribution >= 4 is 27.8 Å². The van der Waals surface area contributed by atoms with E-state index in [4.69, 9.17) is 5.11 Å². The molecule has 0 aliphatic carbocycles. The van der Waals surface area contributed by atoms with Gasteiger partial charge in [-0.25, -0.2) is 0 Å². The summed E-state index contributed by atoms with van der Waals surface area (Å²) in [7, 11) is 0. The van der Waals surface area contributed by atoms with Gasteiger partial charge in [-0.15, -0.1) is 0 Å². The molecule has 0 bridgehead atoms. The van der Waals surface area contributed by atoms with Gasteiger partial charge in [0.15, 0.2) is 0 Å². The molecule has 20 heavy (non-hydrogen) atoms. The van der Waals surface area contributed by atoms with Crippen LogP contribution in [0.1, 0.15) is 32.8 Å². The van der Waals surface area contributed by atoms with Crippen LogP contribution in [0.15, 0.2) is 28.7 Å². The van der Waals surface area contributed by atoms with Crippen LogP contribution in [0, 0.1) is 0 Å². The molecule has 5 heteroatoms. The lowest BCUT2D eigenvalue weighted by molar-refractivity contribution is -0.140. The molecule has 0 saturated heterocycles. The summed E-state index contributed by atoms with van der Waals surface area (Å²) in [5.41, 5.74) is 0.226. The molecule has 0 aliphatic heterocycles. The highest BCUT2D eigenvalue weighted by atomic mass is 79.9. The van der Waals surface area contributed by atoms with Crippen molar-refractivity contribution in [2.24, 2.45) is 0 Å². The lowest BCUT2D eigenvalue weighted by Gasteiger charge is -2.31. The first-order valence-electron chi connectivity index (χ1n) is 6.56. The van der Waals surface area contributed by atoms with Crippen molar-refractivity contribution in [1.29, 1.82) is 0 Å². The molecular weight excluding hydrogens is 322 g/mol. The van der Waals surface area contributed by atoms with Crippen LogP contribution < -0.4 is 0 Å². The van der Waals surface area contributed by atoms with Crippen LogP contribution in [0.5, 0.6) is 0 Å². The second-order valence-electron chi connectivity index (χ2n) is 5.16. The first kappa shape index (κ1) is 16.7. The normalized spacial score (nSPS) is 11.2. The van der Waals surface area contributed by atoms with E-state index in [2.05, 4.69) is 15.9 Å². The number of nitrogens with zero attached hydrogens (tertiary/aromatic N) is 1. The second kappa shape index (κ2) is 6.88. The van der Waals surface area contributed by atoms with E-state index >= 15 is 0 Å². The number of hydrogen-bond donors (Lipinski definition) is 1. The Morgan fingerprint density at radius 2 is 2.00 bits per heavy atom. The molecule has 110 valence electrons. The number of aliphatic carboxylic acids is 1. The highest BCUT2D eigenvalue weighted by Crippen LogP contribution is 2.28. The molecule has 1 aromatic carbocycles. The minimum absolute atomic E-state index is 0.0336. The van der Waals surface area contributed by atoms with E-state index in [1.54, 1.807) is 4.90 Å². The number of carbonyl (C=O) groups is 2. The van der Waals surface area contributed by atoms with Crippen molar-refractivity contribution < 1.29 is 14.7 Å². The predicted molar refractivity (Wildman–Crippen MR) is 81.7 cm³/mol. The second-order valence-corrected chi connectivity index (χ2v) is 6.08. The average Bonchev–Trinajstić information content (AvgIpc) is 2.38. The van der Waals surface area contributed by atoms with Crippen LogP contribution in [0.2, 0.25) is 0 Å². The molecule has 4 nitrogen and oxygen atoms in total. The zero-order chi connectivity index (χ0) is 15.3. The lowest BCUT2D eigenvalue weighted by Crippen LogP contribution is -2.44. The van der Waals surface area contributed by atoms with Crippen LogP contribution in [0.4, 0.5) is 0 Å². The molecule has 0 unspecified atom stereocenters. The Balaban J connectivity index is 2.94. The number of rotatable bonds is 6. The summed E-state index contributed by atoms with van der Waals surface area (Å²) >= 11 is 3.41. The van der Waals surface area contributed by atoms with Crippen molar-refractivity contribution in [1.82, 2.24) is 4.90 Å². The summed E-state index contributed by atoms with van der Waals surface area (Å²) in [5.74, 6) is -0.948. The molecule has 1 aromatic rings. The molecular formula is C15H20BrNO3. The van der Waals surface area contributed by atoms with Gasteiger partial charge in [-0.1, -0.05) is 28.1 Å². The first-order valence-corrected chi connectivity index (χ1v) is 7.35. The zero-order valence-corrected chi connectivity index (χ0v) is 13.6. The number of amides is 1. The Morgan fingerprint density at radius 1 is 1.35 bits per heavy atom. The van der Waals surface area contributed by atoms with Crippen LogP contribution in [-0.2, 0) is 15.0 Å². The minimum atomic E-state index is -0.892. The van der Waals surface area contributed by atoms with Gasteiger partial charge in [-0.2, -0.15) is 0 Å². The number of benzene rings is 1. The molecule has 0 saturated carbocycles. The maximum Gasteiger partial charge on any atom is 0.305 e. The van der Waals surface area contributed by atoms with Gasteiger partial charge in [0.25, 0.3) is 0 Å². The maximum absolute atomic E-state index is 12.6.